The van der Waals surface area contributed by atoms with Crippen molar-refractivity contribution < 1.29 is 9.47 Å². The third-order valence-electron chi connectivity index (χ3n) is 3.16. The molecule has 0 aromatic heterocycles. The van der Waals surface area contributed by atoms with E-state index >= 15 is 0 Å². The zero-order chi connectivity index (χ0) is 17.5. The fourth-order valence-electron chi connectivity index (χ4n) is 2.06. The van der Waals surface area contributed by atoms with Crippen molar-refractivity contribution in [2.45, 2.75) is 26.5 Å². The Kier molecular flexibility index (Phi) is 6.70. The van der Waals surface area contributed by atoms with E-state index in [1.165, 1.54) is 0 Å². The molecule has 2 N–H and O–H groups in total. The molecule has 0 heterocycles. The Labute approximate surface area is 153 Å². The zero-order valence-corrected chi connectivity index (χ0v) is 15.5. The van der Waals surface area contributed by atoms with Gasteiger partial charge in [0.05, 0.1) is 18.2 Å². The van der Waals surface area contributed by atoms with Crippen LogP contribution in [-0.2, 0) is 6.54 Å². The van der Waals surface area contributed by atoms with Crippen LogP contribution in [0.1, 0.15) is 19.4 Å². The van der Waals surface area contributed by atoms with E-state index in [9.17, 15) is 0 Å². The van der Waals surface area contributed by atoms with E-state index in [0.717, 1.165) is 17.0 Å². The van der Waals surface area contributed by atoms with Crippen LogP contribution >= 0.6 is 23.8 Å². The van der Waals surface area contributed by atoms with Crippen LogP contribution in [0.25, 0.3) is 0 Å². The normalized spacial score (nSPS) is 10.4. The first-order valence-corrected chi connectivity index (χ1v) is 8.40. The second kappa shape index (κ2) is 8.76. The van der Waals surface area contributed by atoms with Crippen LogP contribution in [0.15, 0.2) is 42.5 Å². The predicted octanol–water partition coefficient (Wildman–Crippen LogP) is 4.62. The monoisotopic (exact) mass is 364 g/mol. The smallest absolute Gasteiger partial charge is 0.171 e. The first-order chi connectivity index (χ1) is 11.5. The average molecular weight is 365 g/mol. The summed E-state index contributed by atoms with van der Waals surface area (Å²) >= 11 is 11.4. The standard InChI is InChI=1S/C18H21ClN2O2S/c1-12(2)23-15-7-4-13(5-8-15)11-20-18(24)21-14-6-9-17(22-3)16(19)10-14/h4-10,12H,11H2,1-3H3,(H2,20,21,24). The van der Waals surface area contributed by atoms with Gasteiger partial charge in [0.25, 0.3) is 0 Å². The fourth-order valence-corrected chi connectivity index (χ4v) is 2.51. The van der Waals surface area contributed by atoms with Crippen molar-refractivity contribution in [3.05, 3.63) is 53.1 Å². The summed E-state index contributed by atoms with van der Waals surface area (Å²) in [4.78, 5) is 0. The second-order valence-electron chi connectivity index (χ2n) is 5.47. The molecular formula is C18H21ClN2O2S. The van der Waals surface area contributed by atoms with E-state index in [1.807, 2.05) is 44.2 Å². The molecule has 0 aliphatic rings. The number of hydrogen-bond donors (Lipinski definition) is 2. The minimum atomic E-state index is 0.169. The SMILES string of the molecule is COc1ccc(NC(=S)NCc2ccc(OC(C)C)cc2)cc1Cl. The molecule has 0 aliphatic carbocycles. The number of anilines is 1. The van der Waals surface area contributed by atoms with Crippen LogP contribution in [0.3, 0.4) is 0 Å². The molecule has 4 nitrogen and oxygen atoms in total. The van der Waals surface area contributed by atoms with Gasteiger partial charge in [0.1, 0.15) is 11.5 Å². The summed E-state index contributed by atoms with van der Waals surface area (Å²) in [6.07, 6.45) is 0.169. The van der Waals surface area contributed by atoms with Gasteiger partial charge in [0, 0.05) is 12.2 Å². The highest BCUT2D eigenvalue weighted by Crippen LogP contribution is 2.27. The van der Waals surface area contributed by atoms with E-state index in [1.54, 1.807) is 19.2 Å². The predicted molar refractivity (Wildman–Crippen MR) is 103 cm³/mol. The topological polar surface area (TPSA) is 42.5 Å². The summed E-state index contributed by atoms with van der Waals surface area (Å²) < 4.78 is 10.7. The van der Waals surface area contributed by atoms with Crippen LogP contribution in [0.2, 0.25) is 5.02 Å². The Hall–Kier alpha value is -1.98. The van der Waals surface area contributed by atoms with Crippen molar-refractivity contribution in [1.82, 2.24) is 5.32 Å². The van der Waals surface area contributed by atoms with E-state index < -0.39 is 0 Å². The van der Waals surface area contributed by atoms with Crippen molar-refractivity contribution in [3.63, 3.8) is 0 Å². The van der Waals surface area contributed by atoms with Crippen LogP contribution in [-0.4, -0.2) is 18.3 Å². The fraction of sp³-hybridized carbons (Fsp3) is 0.278. The Morgan fingerprint density at radius 1 is 1.17 bits per heavy atom. The number of halogens is 1. The Balaban J connectivity index is 1.85. The molecule has 128 valence electrons. The quantitative estimate of drug-likeness (QED) is 0.732. The molecule has 24 heavy (non-hydrogen) atoms. The van der Waals surface area contributed by atoms with Gasteiger partial charge in [0.2, 0.25) is 0 Å². The minimum absolute atomic E-state index is 0.169. The van der Waals surface area contributed by atoms with Crippen molar-refractivity contribution in [2.24, 2.45) is 0 Å². The van der Waals surface area contributed by atoms with Crippen molar-refractivity contribution >= 4 is 34.6 Å². The third kappa shape index (κ3) is 5.58. The maximum Gasteiger partial charge on any atom is 0.171 e. The van der Waals surface area contributed by atoms with Gasteiger partial charge in [-0.25, -0.2) is 0 Å². The molecule has 0 atom stereocenters. The highest BCUT2D eigenvalue weighted by molar-refractivity contribution is 7.80. The Morgan fingerprint density at radius 3 is 2.46 bits per heavy atom. The van der Waals surface area contributed by atoms with Crippen LogP contribution in [0.4, 0.5) is 5.69 Å². The lowest BCUT2D eigenvalue weighted by Gasteiger charge is -2.13. The molecule has 0 spiro atoms. The number of methoxy groups -OCH3 is 1. The highest BCUT2D eigenvalue weighted by Gasteiger charge is 2.04. The maximum atomic E-state index is 6.10. The summed E-state index contributed by atoms with van der Waals surface area (Å²) in [6, 6.07) is 13.4. The van der Waals surface area contributed by atoms with Gasteiger partial charge in [-0.15, -0.1) is 0 Å². The first kappa shape index (κ1) is 18.4. The molecule has 0 fully saturated rings. The molecule has 2 aromatic carbocycles. The molecule has 0 radical (unpaired) electrons. The number of ether oxygens (including phenoxy) is 2. The van der Waals surface area contributed by atoms with E-state index in [-0.39, 0.29) is 6.10 Å². The Bertz CT molecular complexity index is 690. The van der Waals surface area contributed by atoms with Gasteiger partial charge < -0.3 is 20.1 Å². The summed E-state index contributed by atoms with van der Waals surface area (Å²) in [7, 11) is 1.58. The van der Waals surface area contributed by atoms with Crippen molar-refractivity contribution in [3.8, 4) is 11.5 Å². The molecule has 0 bridgehead atoms. The minimum Gasteiger partial charge on any atom is -0.495 e. The third-order valence-corrected chi connectivity index (χ3v) is 3.70. The molecule has 2 aromatic rings. The number of nitrogens with one attached hydrogen (secondary N) is 2. The first-order valence-electron chi connectivity index (χ1n) is 7.62. The van der Waals surface area contributed by atoms with Crippen LogP contribution < -0.4 is 20.1 Å². The molecule has 0 aliphatic heterocycles. The lowest BCUT2D eigenvalue weighted by Crippen LogP contribution is -2.27. The number of hydrogen-bond acceptors (Lipinski definition) is 3. The zero-order valence-electron chi connectivity index (χ0n) is 13.9. The van der Waals surface area contributed by atoms with E-state index in [0.29, 0.717) is 22.4 Å². The van der Waals surface area contributed by atoms with Crippen LogP contribution in [0.5, 0.6) is 11.5 Å². The van der Waals surface area contributed by atoms with Gasteiger partial charge in [0.15, 0.2) is 5.11 Å². The van der Waals surface area contributed by atoms with Crippen LogP contribution in [0, 0.1) is 0 Å². The lowest BCUT2D eigenvalue weighted by atomic mass is 10.2. The van der Waals surface area contributed by atoms with E-state index in [2.05, 4.69) is 10.6 Å². The van der Waals surface area contributed by atoms with Gasteiger partial charge >= 0.3 is 0 Å². The number of thiocarbonyl (C=S) groups is 1. The van der Waals surface area contributed by atoms with Gasteiger partial charge in [-0.1, -0.05) is 23.7 Å². The summed E-state index contributed by atoms with van der Waals surface area (Å²) in [5, 5.41) is 7.32. The molecule has 0 amide bonds. The molecule has 6 heteroatoms. The number of rotatable bonds is 6. The van der Waals surface area contributed by atoms with Crippen molar-refractivity contribution in [2.75, 3.05) is 12.4 Å². The average Bonchev–Trinajstić information content (AvgIpc) is 2.54. The molecule has 0 unspecified atom stereocenters. The Morgan fingerprint density at radius 2 is 1.88 bits per heavy atom. The van der Waals surface area contributed by atoms with Crippen molar-refractivity contribution in [1.29, 1.82) is 0 Å². The van der Waals surface area contributed by atoms with Gasteiger partial charge in [-0.2, -0.15) is 0 Å². The second-order valence-corrected chi connectivity index (χ2v) is 6.28. The lowest BCUT2D eigenvalue weighted by molar-refractivity contribution is 0.242. The molecule has 0 saturated carbocycles. The van der Waals surface area contributed by atoms with Gasteiger partial charge in [-0.3, -0.25) is 0 Å². The maximum absolute atomic E-state index is 6.10. The summed E-state index contributed by atoms with van der Waals surface area (Å²) in [6.45, 7) is 4.63. The molecule has 0 saturated heterocycles. The van der Waals surface area contributed by atoms with E-state index in [4.69, 9.17) is 33.3 Å². The van der Waals surface area contributed by atoms with Gasteiger partial charge in [-0.05, 0) is 62.0 Å². The molecule has 2 rings (SSSR count). The molecular weight excluding hydrogens is 344 g/mol. The summed E-state index contributed by atoms with van der Waals surface area (Å²) in [5.74, 6) is 1.49. The summed E-state index contributed by atoms with van der Waals surface area (Å²) in [5.41, 5.74) is 1.92. The number of benzene rings is 2. The highest BCUT2D eigenvalue weighted by atomic mass is 35.5. The largest absolute Gasteiger partial charge is 0.495 e.